The minimum absolute atomic E-state index is 0.497. The molecule has 0 amide bonds. The van der Waals surface area contributed by atoms with Crippen LogP contribution in [0.15, 0.2) is 0 Å². The van der Waals surface area contributed by atoms with Crippen LogP contribution in [0, 0.1) is 6.92 Å². The molecule has 5 heteroatoms. The first-order valence-corrected chi connectivity index (χ1v) is 7.92. The van der Waals surface area contributed by atoms with Gasteiger partial charge in [0.05, 0.1) is 0 Å². The van der Waals surface area contributed by atoms with Crippen LogP contribution < -0.4 is 4.90 Å². The number of halogens is 1. The Kier molecular flexibility index (Phi) is 5.22. The van der Waals surface area contributed by atoms with E-state index in [2.05, 4.69) is 35.7 Å². The van der Waals surface area contributed by atoms with Gasteiger partial charge in [-0.15, -0.1) is 0 Å². The number of hydrogen-bond acceptors (Lipinski definition) is 4. The second kappa shape index (κ2) is 6.72. The molecule has 0 saturated carbocycles. The second-order valence-electron chi connectivity index (χ2n) is 5.60. The zero-order chi connectivity index (χ0) is 14.7. The molecule has 0 radical (unpaired) electrons. The molecule has 20 heavy (non-hydrogen) atoms. The number of anilines is 1. The SMILES string of the molecule is CCc1nc(Cl)c(C)c(N2CCCN(C)CC2CC)n1. The van der Waals surface area contributed by atoms with Gasteiger partial charge in [0.1, 0.15) is 16.8 Å². The highest BCUT2D eigenvalue weighted by molar-refractivity contribution is 6.30. The Morgan fingerprint density at radius 1 is 1.25 bits per heavy atom. The second-order valence-corrected chi connectivity index (χ2v) is 5.96. The Balaban J connectivity index is 2.39. The van der Waals surface area contributed by atoms with Crippen molar-refractivity contribution in [2.24, 2.45) is 0 Å². The van der Waals surface area contributed by atoms with E-state index in [0.29, 0.717) is 11.2 Å². The molecule has 2 rings (SSSR count). The van der Waals surface area contributed by atoms with Crippen molar-refractivity contribution in [3.8, 4) is 0 Å². The molecule has 1 aromatic heterocycles. The average Bonchev–Trinajstić information content (AvgIpc) is 2.63. The highest BCUT2D eigenvalue weighted by Gasteiger charge is 2.25. The van der Waals surface area contributed by atoms with E-state index < -0.39 is 0 Å². The average molecular weight is 297 g/mol. The fourth-order valence-corrected chi connectivity index (χ4v) is 3.01. The Hall–Kier alpha value is -0.870. The monoisotopic (exact) mass is 296 g/mol. The van der Waals surface area contributed by atoms with Gasteiger partial charge in [-0.2, -0.15) is 0 Å². The van der Waals surface area contributed by atoms with E-state index >= 15 is 0 Å². The van der Waals surface area contributed by atoms with E-state index in [1.54, 1.807) is 0 Å². The number of rotatable bonds is 3. The van der Waals surface area contributed by atoms with Crippen LogP contribution in [0.1, 0.15) is 38.1 Å². The van der Waals surface area contributed by atoms with E-state index in [9.17, 15) is 0 Å². The van der Waals surface area contributed by atoms with Crippen LogP contribution in [-0.4, -0.2) is 47.6 Å². The summed E-state index contributed by atoms with van der Waals surface area (Å²) < 4.78 is 0. The minimum Gasteiger partial charge on any atom is -0.352 e. The maximum absolute atomic E-state index is 6.29. The Labute approximate surface area is 127 Å². The largest absolute Gasteiger partial charge is 0.352 e. The first kappa shape index (κ1) is 15.5. The van der Waals surface area contributed by atoms with Gasteiger partial charge in [-0.1, -0.05) is 25.4 Å². The first-order valence-electron chi connectivity index (χ1n) is 7.55. The molecular formula is C15H25ClN4. The highest BCUT2D eigenvalue weighted by Crippen LogP contribution is 2.27. The summed E-state index contributed by atoms with van der Waals surface area (Å²) in [5, 5.41) is 0.597. The molecule has 1 aliphatic heterocycles. The third-order valence-corrected chi connectivity index (χ3v) is 4.44. The van der Waals surface area contributed by atoms with Crippen molar-refractivity contribution in [3.63, 3.8) is 0 Å². The van der Waals surface area contributed by atoms with Gasteiger partial charge in [0.15, 0.2) is 0 Å². The molecular weight excluding hydrogens is 272 g/mol. The maximum Gasteiger partial charge on any atom is 0.137 e. The van der Waals surface area contributed by atoms with Crippen LogP contribution in [0.25, 0.3) is 0 Å². The van der Waals surface area contributed by atoms with Crippen molar-refractivity contribution in [2.45, 2.75) is 46.1 Å². The topological polar surface area (TPSA) is 32.3 Å². The summed E-state index contributed by atoms with van der Waals surface area (Å²) in [6.45, 7) is 9.61. The predicted octanol–water partition coefficient (Wildman–Crippen LogP) is 2.92. The molecule has 0 spiro atoms. The lowest BCUT2D eigenvalue weighted by atomic mass is 10.1. The first-order chi connectivity index (χ1) is 9.56. The van der Waals surface area contributed by atoms with Crippen LogP contribution in [0.4, 0.5) is 5.82 Å². The van der Waals surface area contributed by atoms with E-state index in [0.717, 1.165) is 56.1 Å². The van der Waals surface area contributed by atoms with Gasteiger partial charge in [-0.05, 0) is 33.4 Å². The summed E-state index contributed by atoms with van der Waals surface area (Å²) in [4.78, 5) is 14.0. The molecule has 0 aliphatic carbocycles. The van der Waals surface area contributed by atoms with E-state index in [-0.39, 0.29) is 0 Å². The Morgan fingerprint density at radius 2 is 2.00 bits per heavy atom. The molecule has 1 aromatic rings. The Morgan fingerprint density at radius 3 is 2.65 bits per heavy atom. The highest BCUT2D eigenvalue weighted by atomic mass is 35.5. The van der Waals surface area contributed by atoms with Crippen molar-refractivity contribution in [1.29, 1.82) is 0 Å². The summed E-state index contributed by atoms with van der Waals surface area (Å²) in [6, 6.07) is 0.497. The summed E-state index contributed by atoms with van der Waals surface area (Å²) in [5.41, 5.74) is 1.01. The van der Waals surface area contributed by atoms with Crippen molar-refractivity contribution >= 4 is 17.4 Å². The molecule has 1 saturated heterocycles. The lowest BCUT2D eigenvalue weighted by Gasteiger charge is -2.32. The number of aryl methyl sites for hydroxylation is 1. The van der Waals surface area contributed by atoms with E-state index in [1.165, 1.54) is 0 Å². The number of likely N-dealkylation sites (N-methyl/N-ethyl adjacent to an activating group) is 1. The summed E-state index contributed by atoms with van der Waals surface area (Å²) in [6.07, 6.45) is 3.10. The summed E-state index contributed by atoms with van der Waals surface area (Å²) in [5.74, 6) is 1.87. The Bertz CT molecular complexity index is 463. The quantitative estimate of drug-likeness (QED) is 0.803. The van der Waals surface area contributed by atoms with Crippen molar-refractivity contribution in [2.75, 3.05) is 31.6 Å². The number of hydrogen-bond donors (Lipinski definition) is 0. The van der Waals surface area contributed by atoms with Gasteiger partial charge >= 0.3 is 0 Å². The number of nitrogens with zero attached hydrogens (tertiary/aromatic N) is 4. The third kappa shape index (κ3) is 3.23. The maximum atomic E-state index is 6.29. The lowest BCUT2D eigenvalue weighted by molar-refractivity contribution is 0.327. The van der Waals surface area contributed by atoms with Gasteiger partial charge in [-0.3, -0.25) is 0 Å². The van der Waals surface area contributed by atoms with E-state index in [4.69, 9.17) is 16.6 Å². The fourth-order valence-electron chi connectivity index (χ4n) is 2.83. The van der Waals surface area contributed by atoms with Crippen LogP contribution in [0.3, 0.4) is 0 Å². The molecule has 0 bridgehead atoms. The van der Waals surface area contributed by atoms with Crippen LogP contribution >= 0.6 is 11.6 Å². The van der Waals surface area contributed by atoms with Gasteiger partial charge in [0.25, 0.3) is 0 Å². The van der Waals surface area contributed by atoms with Crippen LogP contribution in [-0.2, 0) is 6.42 Å². The molecule has 0 aromatic carbocycles. The molecule has 0 N–H and O–H groups in total. The summed E-state index contributed by atoms with van der Waals surface area (Å²) >= 11 is 6.29. The van der Waals surface area contributed by atoms with Gasteiger partial charge in [-0.25, -0.2) is 9.97 Å². The molecule has 2 heterocycles. The zero-order valence-electron chi connectivity index (χ0n) is 13.0. The summed E-state index contributed by atoms with van der Waals surface area (Å²) in [7, 11) is 2.20. The molecule has 1 aliphatic rings. The molecule has 4 nitrogen and oxygen atoms in total. The third-order valence-electron chi connectivity index (χ3n) is 4.07. The smallest absolute Gasteiger partial charge is 0.137 e. The van der Waals surface area contributed by atoms with Crippen molar-refractivity contribution in [1.82, 2.24) is 14.9 Å². The minimum atomic E-state index is 0.497. The van der Waals surface area contributed by atoms with Crippen LogP contribution in [0.5, 0.6) is 0 Å². The molecule has 1 unspecified atom stereocenters. The van der Waals surface area contributed by atoms with Gasteiger partial charge in [0, 0.05) is 31.1 Å². The normalized spacial score (nSPS) is 21.1. The zero-order valence-corrected chi connectivity index (χ0v) is 13.7. The molecule has 112 valence electrons. The predicted molar refractivity (Wildman–Crippen MR) is 84.7 cm³/mol. The van der Waals surface area contributed by atoms with Crippen molar-refractivity contribution < 1.29 is 0 Å². The molecule has 1 fully saturated rings. The molecule has 1 atom stereocenters. The lowest BCUT2D eigenvalue weighted by Crippen LogP contribution is -2.40. The van der Waals surface area contributed by atoms with Crippen molar-refractivity contribution in [3.05, 3.63) is 16.5 Å². The standard InChI is InChI=1S/C15H25ClN4/c1-5-12-10-19(4)8-7-9-20(12)15-11(3)14(16)17-13(6-2)18-15/h12H,5-10H2,1-4H3. The van der Waals surface area contributed by atoms with Gasteiger partial charge in [0.2, 0.25) is 0 Å². The van der Waals surface area contributed by atoms with E-state index in [1.807, 2.05) is 6.92 Å². The number of aromatic nitrogens is 2. The fraction of sp³-hybridized carbons (Fsp3) is 0.733. The van der Waals surface area contributed by atoms with Gasteiger partial charge < -0.3 is 9.80 Å². The van der Waals surface area contributed by atoms with Crippen LogP contribution in [0.2, 0.25) is 5.15 Å².